The highest BCUT2D eigenvalue weighted by atomic mass is 16.2. The highest BCUT2D eigenvalue weighted by Crippen LogP contribution is 2.41. The lowest BCUT2D eigenvalue weighted by Crippen LogP contribution is -2.48. The van der Waals surface area contributed by atoms with E-state index < -0.39 is 6.04 Å². The third kappa shape index (κ3) is 7.69. The van der Waals surface area contributed by atoms with Crippen LogP contribution in [0.2, 0.25) is 0 Å². The van der Waals surface area contributed by atoms with Gasteiger partial charge in [-0.2, -0.15) is 0 Å². The predicted octanol–water partition coefficient (Wildman–Crippen LogP) is 4.48. The topological polar surface area (TPSA) is 138 Å². The third-order valence-electron chi connectivity index (χ3n) is 10.7. The van der Waals surface area contributed by atoms with Crippen molar-refractivity contribution in [2.75, 3.05) is 32.0 Å². The molecule has 3 aromatic rings. The zero-order valence-corrected chi connectivity index (χ0v) is 28.2. The number of hydrogen-bond acceptors (Lipinski definition) is 6. The molecule has 3 aliphatic rings. The van der Waals surface area contributed by atoms with Crippen LogP contribution < -0.4 is 27.0 Å². The summed E-state index contributed by atoms with van der Waals surface area (Å²) in [6.07, 6.45) is 3.73. The van der Waals surface area contributed by atoms with Crippen molar-refractivity contribution >= 4 is 29.1 Å². The SMILES string of the molecule is CN=C(C)c1ccc(NC(=O)C(Cc2ccc(C)c(-c3cccc(C(=O)NC4C5CNCC54)c3)c2)NC(=O)C2CCC(CN)CC2)cc1. The number of rotatable bonds is 11. The van der Waals surface area contributed by atoms with Crippen LogP contribution in [0.1, 0.15) is 59.7 Å². The molecule has 3 unspecified atom stereocenters. The van der Waals surface area contributed by atoms with Crippen molar-refractivity contribution < 1.29 is 14.4 Å². The van der Waals surface area contributed by atoms with Crippen molar-refractivity contribution in [3.8, 4) is 11.1 Å². The minimum absolute atomic E-state index is 0.0461. The number of piperidine rings is 1. The summed E-state index contributed by atoms with van der Waals surface area (Å²) in [6.45, 7) is 6.57. The van der Waals surface area contributed by atoms with E-state index >= 15 is 0 Å². The Morgan fingerprint density at radius 3 is 2.35 bits per heavy atom. The molecule has 1 aliphatic heterocycles. The summed E-state index contributed by atoms with van der Waals surface area (Å²) in [4.78, 5) is 44.7. The summed E-state index contributed by atoms with van der Waals surface area (Å²) in [7, 11) is 1.75. The van der Waals surface area contributed by atoms with E-state index in [1.54, 1.807) is 7.05 Å². The largest absolute Gasteiger partial charge is 0.349 e. The average molecular weight is 649 g/mol. The quantitative estimate of drug-likeness (QED) is 0.195. The van der Waals surface area contributed by atoms with Gasteiger partial charge in [-0.15, -0.1) is 0 Å². The van der Waals surface area contributed by atoms with Crippen LogP contribution in [0.3, 0.4) is 0 Å². The minimum Gasteiger partial charge on any atom is -0.349 e. The number of nitrogens with one attached hydrogen (secondary N) is 4. The first-order valence-corrected chi connectivity index (χ1v) is 17.3. The third-order valence-corrected chi connectivity index (χ3v) is 10.7. The Kier molecular flexibility index (Phi) is 10.4. The Balaban J connectivity index is 1.20. The summed E-state index contributed by atoms with van der Waals surface area (Å²) in [5.41, 5.74) is 13.0. The number of amides is 3. The van der Waals surface area contributed by atoms with Crippen molar-refractivity contribution in [3.05, 3.63) is 89.0 Å². The maximum Gasteiger partial charge on any atom is 0.251 e. The smallest absolute Gasteiger partial charge is 0.251 e. The number of fused-ring (bicyclic) bond motifs is 1. The van der Waals surface area contributed by atoms with Gasteiger partial charge in [-0.05, 0) is 116 Å². The second kappa shape index (κ2) is 14.8. The number of hydrogen-bond donors (Lipinski definition) is 5. The second-order valence-electron chi connectivity index (χ2n) is 13.8. The van der Waals surface area contributed by atoms with Crippen molar-refractivity contribution in [3.63, 3.8) is 0 Å². The van der Waals surface area contributed by atoms with Crippen LogP contribution >= 0.6 is 0 Å². The van der Waals surface area contributed by atoms with Gasteiger partial charge in [-0.3, -0.25) is 19.4 Å². The van der Waals surface area contributed by atoms with Gasteiger partial charge in [-0.1, -0.05) is 42.5 Å². The highest BCUT2D eigenvalue weighted by molar-refractivity contribution is 6.00. The molecular weight excluding hydrogens is 600 g/mol. The molecule has 0 bridgehead atoms. The molecule has 252 valence electrons. The number of benzene rings is 3. The van der Waals surface area contributed by atoms with Gasteiger partial charge >= 0.3 is 0 Å². The van der Waals surface area contributed by atoms with Gasteiger partial charge < -0.3 is 27.0 Å². The minimum atomic E-state index is -0.775. The van der Waals surface area contributed by atoms with E-state index in [1.165, 1.54) is 0 Å². The average Bonchev–Trinajstić information content (AvgIpc) is 3.50. The molecule has 0 spiro atoms. The fraction of sp³-hybridized carbons (Fsp3) is 0.436. The fourth-order valence-electron chi connectivity index (χ4n) is 7.35. The van der Waals surface area contributed by atoms with Crippen molar-refractivity contribution in [2.45, 2.75) is 58.0 Å². The number of nitrogens with two attached hydrogens (primary N) is 1. The van der Waals surface area contributed by atoms with Gasteiger partial charge in [0.2, 0.25) is 11.8 Å². The first-order chi connectivity index (χ1) is 23.2. The van der Waals surface area contributed by atoms with Crippen LogP contribution in [-0.2, 0) is 16.0 Å². The molecule has 2 saturated carbocycles. The van der Waals surface area contributed by atoms with Gasteiger partial charge in [0, 0.05) is 55.5 Å². The monoisotopic (exact) mass is 648 g/mol. The van der Waals surface area contributed by atoms with Crippen molar-refractivity contribution in [1.29, 1.82) is 0 Å². The van der Waals surface area contributed by atoms with Gasteiger partial charge in [0.15, 0.2) is 0 Å². The molecule has 48 heavy (non-hydrogen) atoms. The van der Waals surface area contributed by atoms with E-state index in [1.807, 2.05) is 74.5 Å². The lowest BCUT2D eigenvalue weighted by Gasteiger charge is -2.28. The molecule has 6 rings (SSSR count). The summed E-state index contributed by atoms with van der Waals surface area (Å²) in [5, 5.41) is 12.7. The molecule has 3 fully saturated rings. The Bertz CT molecular complexity index is 1670. The van der Waals surface area contributed by atoms with Crippen LogP contribution in [-0.4, -0.2) is 62.2 Å². The van der Waals surface area contributed by atoms with Gasteiger partial charge in [0.25, 0.3) is 5.91 Å². The van der Waals surface area contributed by atoms with E-state index in [2.05, 4.69) is 32.3 Å². The Morgan fingerprint density at radius 1 is 0.938 bits per heavy atom. The number of aryl methyl sites for hydroxylation is 1. The molecule has 9 heteroatoms. The van der Waals surface area contributed by atoms with Crippen LogP contribution in [0.25, 0.3) is 11.1 Å². The number of carbonyl (C=O) groups excluding carboxylic acids is 3. The Morgan fingerprint density at radius 2 is 1.67 bits per heavy atom. The van der Waals surface area contributed by atoms with Crippen LogP contribution in [0.4, 0.5) is 5.69 Å². The van der Waals surface area contributed by atoms with Crippen LogP contribution in [0.15, 0.2) is 71.7 Å². The molecule has 1 heterocycles. The molecular formula is C39H48N6O3. The number of carbonyl (C=O) groups is 3. The summed E-state index contributed by atoms with van der Waals surface area (Å²) >= 11 is 0. The van der Waals surface area contributed by atoms with E-state index in [4.69, 9.17) is 5.73 Å². The van der Waals surface area contributed by atoms with Crippen LogP contribution in [0, 0.1) is 30.6 Å². The maximum atomic E-state index is 13.8. The van der Waals surface area contributed by atoms with Crippen molar-refractivity contribution in [2.24, 2.45) is 34.4 Å². The zero-order valence-electron chi connectivity index (χ0n) is 28.2. The molecule has 0 radical (unpaired) electrons. The predicted molar refractivity (Wildman–Crippen MR) is 191 cm³/mol. The van der Waals surface area contributed by atoms with E-state index in [-0.39, 0.29) is 29.7 Å². The van der Waals surface area contributed by atoms with E-state index in [0.29, 0.717) is 42.0 Å². The van der Waals surface area contributed by atoms with Gasteiger partial charge in [-0.25, -0.2) is 0 Å². The Labute approximate surface area is 283 Å². The number of aliphatic imine (C=N–C) groups is 1. The van der Waals surface area contributed by atoms with Crippen molar-refractivity contribution in [1.82, 2.24) is 16.0 Å². The normalized spacial score (nSPS) is 23.9. The first kappa shape index (κ1) is 33.6. The molecule has 9 nitrogen and oxygen atoms in total. The summed E-state index contributed by atoms with van der Waals surface area (Å²) in [5.74, 6) is 1.01. The molecule has 0 aromatic heterocycles. The standard InChI is InChI=1S/C39H48N6O3/c1-23-7-8-26(17-32(23)29-5-4-6-30(19-29)38(47)45-36-33-21-42-22-34(33)36)18-35(44-37(46)28-11-9-25(20-40)10-12-28)39(48)43-31-15-13-27(14-16-31)24(2)41-3/h4-8,13-17,19,25,28,33-36,42H,9-12,18,20-22,40H2,1-3H3,(H,43,48)(H,44,46)(H,45,47). The summed E-state index contributed by atoms with van der Waals surface area (Å²) in [6, 6.07) is 20.9. The van der Waals surface area contributed by atoms with E-state index in [9.17, 15) is 14.4 Å². The lowest BCUT2D eigenvalue weighted by molar-refractivity contribution is -0.130. The van der Waals surface area contributed by atoms with Gasteiger partial charge in [0.1, 0.15) is 6.04 Å². The molecule has 3 atom stereocenters. The lowest BCUT2D eigenvalue weighted by atomic mass is 9.81. The van der Waals surface area contributed by atoms with E-state index in [0.717, 1.165) is 72.3 Å². The fourth-order valence-corrected chi connectivity index (χ4v) is 7.35. The second-order valence-corrected chi connectivity index (χ2v) is 13.8. The van der Waals surface area contributed by atoms with Gasteiger partial charge in [0.05, 0.1) is 0 Å². The maximum absolute atomic E-state index is 13.8. The van der Waals surface area contributed by atoms with Crippen LogP contribution in [0.5, 0.6) is 0 Å². The molecule has 3 aromatic carbocycles. The zero-order chi connectivity index (χ0) is 33.8. The first-order valence-electron chi connectivity index (χ1n) is 17.3. The number of nitrogens with zero attached hydrogens (tertiary/aromatic N) is 1. The molecule has 2 aliphatic carbocycles. The Hall–Kier alpha value is -4.34. The summed E-state index contributed by atoms with van der Waals surface area (Å²) < 4.78 is 0. The molecule has 3 amide bonds. The molecule has 1 saturated heterocycles. The highest BCUT2D eigenvalue weighted by Gasteiger charge is 2.53. The number of anilines is 1. The molecule has 6 N–H and O–H groups in total.